The third-order valence-corrected chi connectivity index (χ3v) is 6.19. The molecule has 1 aliphatic carbocycles. The quantitative estimate of drug-likeness (QED) is 0.737. The summed E-state index contributed by atoms with van der Waals surface area (Å²) < 4.78 is 104. The zero-order valence-corrected chi connectivity index (χ0v) is 15.1. The fourth-order valence-electron chi connectivity index (χ4n) is 3.27. The predicted octanol–water partition coefficient (Wildman–Crippen LogP) is 3.90. The van der Waals surface area contributed by atoms with Crippen molar-refractivity contribution in [1.29, 1.82) is 5.26 Å². The summed E-state index contributed by atoms with van der Waals surface area (Å²) >= 11 is 0. The van der Waals surface area contributed by atoms with Crippen LogP contribution in [0.4, 0.5) is 26.3 Å². The van der Waals surface area contributed by atoms with Gasteiger partial charge in [0.2, 0.25) is 0 Å². The first-order chi connectivity index (χ1) is 13.4. The van der Waals surface area contributed by atoms with Crippen molar-refractivity contribution >= 4 is 9.84 Å². The number of benzene rings is 1. The topological polar surface area (TPSA) is 83.1 Å². The molecule has 0 radical (unpaired) electrons. The van der Waals surface area contributed by atoms with Gasteiger partial charge < -0.3 is 9.67 Å². The van der Waals surface area contributed by atoms with Gasteiger partial charge >= 0.3 is 5.51 Å². The molecule has 0 bridgehead atoms. The van der Waals surface area contributed by atoms with Crippen molar-refractivity contribution in [3.63, 3.8) is 0 Å². The molecular weight excluding hydrogens is 426 g/mol. The van der Waals surface area contributed by atoms with E-state index in [2.05, 4.69) is 0 Å². The van der Waals surface area contributed by atoms with Gasteiger partial charge in [-0.1, -0.05) is 0 Å². The fourth-order valence-corrected chi connectivity index (χ4v) is 4.29. The Kier molecular flexibility index (Phi) is 5.17. The number of sulfone groups is 1. The lowest BCUT2D eigenvalue weighted by molar-refractivity contribution is -0.0438. The summed E-state index contributed by atoms with van der Waals surface area (Å²) in [5.74, 6) is 0. The molecule has 1 aliphatic rings. The molecule has 1 aromatic heterocycles. The summed E-state index contributed by atoms with van der Waals surface area (Å²) in [7, 11) is -5.95. The lowest BCUT2D eigenvalue weighted by Gasteiger charge is -2.24. The summed E-state index contributed by atoms with van der Waals surface area (Å²) in [5.41, 5.74) is -7.81. The van der Waals surface area contributed by atoms with E-state index in [0.29, 0.717) is 6.20 Å². The van der Waals surface area contributed by atoms with Gasteiger partial charge in [0, 0.05) is 28.7 Å². The van der Waals surface area contributed by atoms with Crippen LogP contribution in [-0.4, -0.2) is 29.8 Å². The van der Waals surface area contributed by atoms with E-state index in [4.69, 9.17) is 5.26 Å². The molecule has 156 valence electrons. The average Bonchev–Trinajstić information content (AvgIpc) is 3.04. The molecule has 1 N–H and O–H groups in total. The van der Waals surface area contributed by atoms with Crippen LogP contribution in [0.15, 0.2) is 29.3 Å². The van der Waals surface area contributed by atoms with E-state index in [1.165, 1.54) is 0 Å². The smallest absolute Gasteiger partial charge is 0.385 e. The van der Waals surface area contributed by atoms with Gasteiger partial charge in [-0.05, 0) is 31.0 Å². The maximum absolute atomic E-state index is 13.9. The molecule has 12 heteroatoms. The molecule has 1 heterocycles. The maximum atomic E-state index is 13.9. The first-order valence-electron chi connectivity index (χ1n) is 8.10. The molecule has 0 unspecified atom stereocenters. The van der Waals surface area contributed by atoms with Crippen LogP contribution in [0.5, 0.6) is 0 Å². The highest BCUT2D eigenvalue weighted by molar-refractivity contribution is 7.92. The molecule has 0 aliphatic heterocycles. The van der Waals surface area contributed by atoms with E-state index < -0.39 is 50.1 Å². The third-order valence-electron chi connectivity index (χ3n) is 4.67. The summed E-state index contributed by atoms with van der Waals surface area (Å²) in [4.78, 5) is -1.34. The van der Waals surface area contributed by atoms with Gasteiger partial charge in [0.15, 0.2) is 0 Å². The van der Waals surface area contributed by atoms with E-state index in [9.17, 15) is 39.9 Å². The zero-order valence-electron chi connectivity index (χ0n) is 14.3. The lowest BCUT2D eigenvalue weighted by atomic mass is 9.93. The predicted molar refractivity (Wildman–Crippen MR) is 86.9 cm³/mol. The van der Waals surface area contributed by atoms with Crippen LogP contribution in [0.3, 0.4) is 0 Å². The van der Waals surface area contributed by atoms with Gasteiger partial charge in [-0.15, -0.1) is 0 Å². The Morgan fingerprint density at radius 1 is 1.28 bits per heavy atom. The van der Waals surface area contributed by atoms with Gasteiger partial charge in [0.1, 0.15) is 17.2 Å². The van der Waals surface area contributed by atoms with E-state index in [-0.39, 0.29) is 29.8 Å². The van der Waals surface area contributed by atoms with E-state index >= 15 is 0 Å². The van der Waals surface area contributed by atoms with E-state index in [0.717, 1.165) is 22.8 Å². The SMILES string of the molecule is N#Cc1ccc(-n2cc(S(=O)(=O)C(F)(F)F)c3c2CC[C@@H](F)[C@H]3O)cc1C(F)F. The Morgan fingerprint density at radius 3 is 2.48 bits per heavy atom. The highest BCUT2D eigenvalue weighted by atomic mass is 32.2. The number of aromatic nitrogens is 1. The summed E-state index contributed by atoms with van der Waals surface area (Å²) in [6.07, 6.45) is -7.19. The van der Waals surface area contributed by atoms with Crippen LogP contribution in [-0.2, 0) is 16.3 Å². The number of alkyl halides is 6. The van der Waals surface area contributed by atoms with Gasteiger partial charge in [-0.2, -0.15) is 18.4 Å². The van der Waals surface area contributed by atoms with Gasteiger partial charge in [-0.3, -0.25) is 0 Å². The Bertz CT molecular complexity index is 1100. The summed E-state index contributed by atoms with van der Waals surface area (Å²) in [5, 5.41) is 19.0. The van der Waals surface area contributed by atoms with Crippen molar-refractivity contribution in [2.75, 3.05) is 0 Å². The number of fused-ring (bicyclic) bond motifs is 1. The normalized spacial score (nSPS) is 19.8. The molecule has 0 fully saturated rings. The van der Waals surface area contributed by atoms with Crippen molar-refractivity contribution in [2.24, 2.45) is 0 Å². The zero-order chi connectivity index (χ0) is 21.7. The Morgan fingerprint density at radius 2 is 1.93 bits per heavy atom. The van der Waals surface area contributed by atoms with Crippen LogP contribution in [0.1, 0.15) is 41.3 Å². The highest BCUT2D eigenvalue weighted by Crippen LogP contribution is 2.43. The van der Waals surface area contributed by atoms with Crippen LogP contribution in [0, 0.1) is 11.3 Å². The molecule has 2 aromatic rings. The number of halogens is 6. The Hall–Kier alpha value is -2.52. The van der Waals surface area contributed by atoms with E-state index in [1.54, 1.807) is 6.07 Å². The van der Waals surface area contributed by atoms with Crippen molar-refractivity contribution in [3.8, 4) is 11.8 Å². The molecular formula is C17H12F6N2O3S. The number of aliphatic hydroxyl groups is 1. The van der Waals surface area contributed by atoms with Crippen molar-refractivity contribution in [1.82, 2.24) is 4.57 Å². The van der Waals surface area contributed by atoms with Crippen molar-refractivity contribution in [2.45, 2.75) is 41.9 Å². The third kappa shape index (κ3) is 3.38. The molecule has 29 heavy (non-hydrogen) atoms. The second-order valence-corrected chi connectivity index (χ2v) is 8.27. The Labute approximate surface area is 160 Å². The molecule has 1 aromatic carbocycles. The Balaban J connectivity index is 2.31. The number of nitrogens with zero attached hydrogens (tertiary/aromatic N) is 2. The van der Waals surface area contributed by atoms with Crippen LogP contribution < -0.4 is 0 Å². The number of hydrogen-bond donors (Lipinski definition) is 1. The second-order valence-electron chi connectivity index (χ2n) is 6.36. The first-order valence-corrected chi connectivity index (χ1v) is 9.58. The minimum atomic E-state index is -5.95. The number of nitriles is 1. The molecule has 2 atom stereocenters. The van der Waals surface area contributed by atoms with Crippen molar-refractivity contribution < 1.29 is 39.9 Å². The molecule has 3 rings (SSSR count). The van der Waals surface area contributed by atoms with Crippen LogP contribution in [0.2, 0.25) is 0 Å². The summed E-state index contributed by atoms with van der Waals surface area (Å²) in [6.45, 7) is 0. The van der Waals surface area contributed by atoms with Gasteiger partial charge in [-0.25, -0.2) is 21.6 Å². The molecule has 0 spiro atoms. The standard InChI is InChI=1S/C17H12F6N2O3S/c18-11-3-4-12-14(15(11)26)13(29(27,28)17(21,22)23)7-25(12)9-2-1-8(6-24)10(5-9)16(19)20/h1-2,5,7,11,15-16,26H,3-4H2/t11-,15-/m1/s1. The number of hydrogen-bond acceptors (Lipinski definition) is 4. The first kappa shape index (κ1) is 21.2. The van der Waals surface area contributed by atoms with Gasteiger partial charge in [0.05, 0.1) is 11.6 Å². The lowest BCUT2D eigenvalue weighted by Crippen LogP contribution is -2.27. The maximum Gasteiger partial charge on any atom is 0.501 e. The molecule has 0 saturated heterocycles. The monoisotopic (exact) mass is 438 g/mol. The molecule has 0 saturated carbocycles. The minimum absolute atomic E-state index is 0.140. The van der Waals surface area contributed by atoms with Crippen LogP contribution >= 0.6 is 0 Å². The van der Waals surface area contributed by atoms with Crippen molar-refractivity contribution in [3.05, 3.63) is 46.8 Å². The summed E-state index contributed by atoms with van der Waals surface area (Å²) in [6, 6.07) is 4.55. The number of rotatable bonds is 3. The second kappa shape index (κ2) is 7.07. The van der Waals surface area contributed by atoms with Gasteiger partial charge in [0.25, 0.3) is 16.3 Å². The fraction of sp³-hybridized carbons (Fsp3) is 0.353. The molecule has 0 amide bonds. The van der Waals surface area contributed by atoms with E-state index in [1.807, 2.05) is 0 Å². The van der Waals surface area contributed by atoms with Crippen LogP contribution in [0.25, 0.3) is 5.69 Å². The molecule has 5 nitrogen and oxygen atoms in total. The highest BCUT2D eigenvalue weighted by Gasteiger charge is 2.51. The average molecular weight is 438 g/mol. The minimum Gasteiger partial charge on any atom is -0.385 e. The largest absolute Gasteiger partial charge is 0.501 e. The number of aliphatic hydroxyl groups excluding tert-OH is 1.